The molecule has 0 spiro atoms. The van der Waals surface area contributed by atoms with Gasteiger partial charge in [-0.25, -0.2) is 8.42 Å². The zero-order chi connectivity index (χ0) is 22.4. The van der Waals surface area contributed by atoms with E-state index in [2.05, 4.69) is 0 Å². The van der Waals surface area contributed by atoms with E-state index in [0.717, 1.165) is 17.5 Å². The van der Waals surface area contributed by atoms with Crippen molar-refractivity contribution in [2.24, 2.45) is 0 Å². The molecule has 166 valence electrons. The SMILES string of the molecule is Cc1ccc(S(=O)(=O)N2CCCCC2C(=O)OCC(=O)N(C)Cc2ccccc2)cc1. The van der Waals surface area contributed by atoms with E-state index in [-0.39, 0.29) is 17.3 Å². The van der Waals surface area contributed by atoms with Gasteiger partial charge in [-0.05, 0) is 43.9 Å². The van der Waals surface area contributed by atoms with E-state index in [9.17, 15) is 18.0 Å². The van der Waals surface area contributed by atoms with Crippen molar-refractivity contribution in [1.82, 2.24) is 9.21 Å². The second-order valence-corrected chi connectivity index (χ2v) is 9.67. The van der Waals surface area contributed by atoms with Crippen LogP contribution in [0.1, 0.15) is 30.4 Å². The highest BCUT2D eigenvalue weighted by Crippen LogP contribution is 2.26. The Kier molecular flexibility index (Phi) is 7.46. The van der Waals surface area contributed by atoms with Gasteiger partial charge in [-0.1, -0.05) is 48.0 Å². The Balaban J connectivity index is 1.63. The summed E-state index contributed by atoms with van der Waals surface area (Å²) in [6.45, 7) is 2.10. The molecular weight excluding hydrogens is 416 g/mol. The Morgan fingerprint density at radius 2 is 1.74 bits per heavy atom. The molecule has 0 N–H and O–H groups in total. The number of benzene rings is 2. The van der Waals surface area contributed by atoms with Crippen LogP contribution in [0.4, 0.5) is 0 Å². The van der Waals surface area contributed by atoms with Gasteiger partial charge in [0.25, 0.3) is 5.91 Å². The molecule has 1 aliphatic rings. The highest BCUT2D eigenvalue weighted by Gasteiger charge is 2.38. The third-order valence-corrected chi connectivity index (χ3v) is 7.30. The van der Waals surface area contributed by atoms with Crippen LogP contribution in [0, 0.1) is 6.92 Å². The lowest BCUT2D eigenvalue weighted by Gasteiger charge is -2.33. The summed E-state index contributed by atoms with van der Waals surface area (Å²) < 4.78 is 32.7. The minimum absolute atomic E-state index is 0.150. The van der Waals surface area contributed by atoms with E-state index in [0.29, 0.717) is 19.4 Å². The Morgan fingerprint density at radius 1 is 1.06 bits per heavy atom. The van der Waals surface area contributed by atoms with Crippen LogP contribution in [-0.4, -0.2) is 55.7 Å². The van der Waals surface area contributed by atoms with Crippen LogP contribution in [-0.2, 0) is 30.9 Å². The molecule has 7 nitrogen and oxygen atoms in total. The first-order valence-electron chi connectivity index (χ1n) is 10.3. The molecule has 31 heavy (non-hydrogen) atoms. The van der Waals surface area contributed by atoms with Crippen molar-refractivity contribution >= 4 is 21.9 Å². The van der Waals surface area contributed by atoms with Gasteiger partial charge in [0.05, 0.1) is 4.90 Å². The maximum Gasteiger partial charge on any atom is 0.324 e. The van der Waals surface area contributed by atoms with Gasteiger partial charge in [0.15, 0.2) is 6.61 Å². The molecule has 2 aromatic rings. The fourth-order valence-electron chi connectivity index (χ4n) is 3.56. The highest BCUT2D eigenvalue weighted by atomic mass is 32.2. The second-order valence-electron chi connectivity index (χ2n) is 7.78. The topological polar surface area (TPSA) is 84.0 Å². The zero-order valence-electron chi connectivity index (χ0n) is 17.9. The first-order valence-corrected chi connectivity index (χ1v) is 11.8. The molecule has 1 aliphatic heterocycles. The summed E-state index contributed by atoms with van der Waals surface area (Å²) in [5, 5.41) is 0. The minimum Gasteiger partial charge on any atom is -0.454 e. The molecule has 1 fully saturated rings. The van der Waals surface area contributed by atoms with Crippen LogP contribution in [0.25, 0.3) is 0 Å². The molecule has 0 aliphatic carbocycles. The predicted octanol–water partition coefficient (Wildman–Crippen LogP) is 2.74. The first kappa shape index (κ1) is 23.0. The largest absolute Gasteiger partial charge is 0.454 e. The normalized spacial score (nSPS) is 17.2. The molecule has 0 radical (unpaired) electrons. The molecule has 3 rings (SSSR count). The summed E-state index contributed by atoms with van der Waals surface area (Å²) in [4.78, 5) is 26.7. The van der Waals surface area contributed by atoms with Gasteiger partial charge in [-0.15, -0.1) is 0 Å². The molecular formula is C23H28N2O5S. The molecule has 1 amide bonds. The van der Waals surface area contributed by atoms with Gasteiger partial charge in [0, 0.05) is 20.1 Å². The van der Waals surface area contributed by atoms with Gasteiger partial charge >= 0.3 is 5.97 Å². The third kappa shape index (κ3) is 5.71. The Labute approximate surface area is 183 Å². The Bertz CT molecular complexity index is 1010. The average molecular weight is 445 g/mol. The average Bonchev–Trinajstić information content (AvgIpc) is 2.78. The number of esters is 1. The number of carbonyl (C=O) groups excluding carboxylic acids is 2. The second kappa shape index (κ2) is 10.1. The van der Waals surface area contributed by atoms with Gasteiger partial charge in [-0.2, -0.15) is 4.31 Å². The molecule has 8 heteroatoms. The summed E-state index contributed by atoms with van der Waals surface area (Å²) >= 11 is 0. The Hall–Kier alpha value is -2.71. The molecule has 1 saturated heterocycles. The first-order chi connectivity index (χ1) is 14.8. The number of piperidine rings is 1. The van der Waals surface area contributed by atoms with Crippen molar-refractivity contribution in [3.8, 4) is 0 Å². The summed E-state index contributed by atoms with van der Waals surface area (Å²) in [7, 11) is -2.19. The standard InChI is InChI=1S/C23H28N2O5S/c1-18-11-13-20(14-12-18)31(28,29)25-15-7-6-10-21(25)23(27)30-17-22(26)24(2)16-19-8-4-3-5-9-19/h3-5,8-9,11-14,21H,6-7,10,15-17H2,1-2H3. The van der Waals surface area contributed by atoms with Crippen molar-refractivity contribution < 1.29 is 22.7 Å². The van der Waals surface area contributed by atoms with E-state index in [1.165, 1.54) is 9.21 Å². The number of rotatable bonds is 7. The zero-order valence-corrected chi connectivity index (χ0v) is 18.7. The predicted molar refractivity (Wildman–Crippen MR) is 117 cm³/mol. The summed E-state index contributed by atoms with van der Waals surface area (Å²) in [6.07, 6.45) is 1.77. The molecule has 1 atom stereocenters. The number of sulfonamides is 1. The van der Waals surface area contributed by atoms with Crippen molar-refractivity contribution in [3.05, 3.63) is 65.7 Å². The lowest BCUT2D eigenvalue weighted by Crippen LogP contribution is -2.49. The number of aryl methyl sites for hydroxylation is 1. The smallest absolute Gasteiger partial charge is 0.324 e. The molecule has 1 unspecified atom stereocenters. The molecule has 0 saturated carbocycles. The van der Waals surface area contributed by atoms with E-state index >= 15 is 0 Å². The monoisotopic (exact) mass is 444 g/mol. The summed E-state index contributed by atoms with van der Waals surface area (Å²) in [5.74, 6) is -1.03. The van der Waals surface area contributed by atoms with Crippen LogP contribution in [0.3, 0.4) is 0 Å². The quantitative estimate of drug-likeness (QED) is 0.613. The number of hydrogen-bond acceptors (Lipinski definition) is 5. The Morgan fingerprint density at radius 3 is 2.42 bits per heavy atom. The molecule has 1 heterocycles. The van der Waals surface area contributed by atoms with Crippen molar-refractivity contribution in [2.45, 2.75) is 43.7 Å². The van der Waals surface area contributed by atoms with Crippen LogP contribution >= 0.6 is 0 Å². The van der Waals surface area contributed by atoms with E-state index in [1.807, 2.05) is 37.3 Å². The summed E-state index contributed by atoms with van der Waals surface area (Å²) in [6, 6.07) is 15.1. The van der Waals surface area contributed by atoms with Gasteiger partial charge in [0.2, 0.25) is 10.0 Å². The van der Waals surface area contributed by atoms with Crippen LogP contribution in [0.15, 0.2) is 59.5 Å². The van der Waals surface area contributed by atoms with Crippen molar-refractivity contribution in [2.75, 3.05) is 20.2 Å². The number of hydrogen-bond donors (Lipinski definition) is 0. The number of carbonyl (C=O) groups is 2. The maximum atomic E-state index is 13.1. The lowest BCUT2D eigenvalue weighted by molar-refractivity contribution is -0.155. The van der Waals surface area contributed by atoms with E-state index in [4.69, 9.17) is 4.74 Å². The van der Waals surface area contributed by atoms with E-state index in [1.54, 1.807) is 31.3 Å². The van der Waals surface area contributed by atoms with Gasteiger partial charge < -0.3 is 9.64 Å². The fraction of sp³-hybridized carbons (Fsp3) is 0.391. The molecule has 0 bridgehead atoms. The minimum atomic E-state index is -3.83. The van der Waals surface area contributed by atoms with Crippen LogP contribution < -0.4 is 0 Å². The van der Waals surface area contributed by atoms with Gasteiger partial charge in [-0.3, -0.25) is 9.59 Å². The molecule has 0 aromatic heterocycles. The number of likely N-dealkylation sites (N-methyl/N-ethyl adjacent to an activating group) is 1. The summed E-state index contributed by atoms with van der Waals surface area (Å²) in [5.41, 5.74) is 1.92. The maximum absolute atomic E-state index is 13.1. The fourth-order valence-corrected chi connectivity index (χ4v) is 5.21. The van der Waals surface area contributed by atoms with Crippen molar-refractivity contribution in [1.29, 1.82) is 0 Å². The van der Waals surface area contributed by atoms with E-state index < -0.39 is 28.6 Å². The third-order valence-electron chi connectivity index (χ3n) is 5.38. The lowest BCUT2D eigenvalue weighted by atomic mass is 10.1. The number of nitrogens with zero attached hydrogens (tertiary/aromatic N) is 2. The van der Waals surface area contributed by atoms with Crippen LogP contribution in [0.2, 0.25) is 0 Å². The molecule has 2 aromatic carbocycles. The number of amides is 1. The van der Waals surface area contributed by atoms with Crippen molar-refractivity contribution in [3.63, 3.8) is 0 Å². The number of ether oxygens (including phenoxy) is 1. The van der Waals surface area contributed by atoms with Crippen LogP contribution in [0.5, 0.6) is 0 Å². The van der Waals surface area contributed by atoms with Gasteiger partial charge in [0.1, 0.15) is 6.04 Å². The highest BCUT2D eigenvalue weighted by molar-refractivity contribution is 7.89.